The number of nitrogens with zero attached hydrogens (tertiary/aromatic N) is 1. The summed E-state index contributed by atoms with van der Waals surface area (Å²) in [5.41, 5.74) is 0. The van der Waals surface area contributed by atoms with Crippen molar-refractivity contribution in [1.29, 1.82) is 0 Å². The van der Waals surface area contributed by atoms with Gasteiger partial charge in [0.2, 0.25) is 5.91 Å². The lowest BCUT2D eigenvalue weighted by molar-refractivity contribution is -0.138. The molecule has 3 aliphatic rings. The van der Waals surface area contributed by atoms with E-state index >= 15 is 0 Å². The number of hydrogen-bond donors (Lipinski definition) is 2. The summed E-state index contributed by atoms with van der Waals surface area (Å²) >= 11 is 0. The predicted molar refractivity (Wildman–Crippen MR) is 73.9 cm³/mol. The molecule has 3 fully saturated rings. The minimum absolute atomic E-state index is 0.0286. The van der Waals surface area contributed by atoms with Crippen LogP contribution in [-0.2, 0) is 14.6 Å². The second kappa shape index (κ2) is 5.27. The molecule has 3 heterocycles. The molecule has 0 radical (unpaired) electrons. The van der Waals surface area contributed by atoms with Crippen LogP contribution in [0.3, 0.4) is 0 Å². The van der Waals surface area contributed by atoms with Crippen LogP contribution in [0.5, 0.6) is 0 Å². The van der Waals surface area contributed by atoms with Crippen LogP contribution in [0.15, 0.2) is 0 Å². The first-order chi connectivity index (χ1) is 9.50. The number of carbonyl (C=O) groups is 1. The van der Waals surface area contributed by atoms with Gasteiger partial charge in [-0.3, -0.25) is 4.79 Å². The molecule has 0 saturated carbocycles. The summed E-state index contributed by atoms with van der Waals surface area (Å²) in [5, 5.41) is 12.6. The van der Waals surface area contributed by atoms with Crippen LogP contribution in [0.1, 0.15) is 25.7 Å². The fourth-order valence-electron chi connectivity index (χ4n) is 3.91. The normalized spacial score (nSPS) is 38.2. The van der Waals surface area contributed by atoms with E-state index in [2.05, 4.69) is 5.32 Å². The molecule has 4 atom stereocenters. The van der Waals surface area contributed by atoms with Gasteiger partial charge in [0.15, 0.2) is 9.84 Å². The van der Waals surface area contributed by atoms with Crippen LogP contribution < -0.4 is 5.32 Å². The van der Waals surface area contributed by atoms with Crippen molar-refractivity contribution in [3.05, 3.63) is 0 Å². The lowest BCUT2D eigenvalue weighted by atomic mass is 9.87. The summed E-state index contributed by atoms with van der Waals surface area (Å²) in [5.74, 6) is 0.193. The molecule has 0 aromatic carbocycles. The van der Waals surface area contributed by atoms with E-state index in [0.29, 0.717) is 12.5 Å². The van der Waals surface area contributed by atoms with Gasteiger partial charge in [-0.2, -0.15) is 0 Å². The Hall–Kier alpha value is -0.660. The lowest BCUT2D eigenvalue weighted by Crippen LogP contribution is -2.48. The molecule has 20 heavy (non-hydrogen) atoms. The summed E-state index contributed by atoms with van der Waals surface area (Å²) in [6.07, 6.45) is 3.51. The number of amides is 1. The quantitative estimate of drug-likeness (QED) is 0.705. The Morgan fingerprint density at radius 3 is 2.60 bits per heavy atom. The first-order valence-corrected chi connectivity index (χ1v) is 9.20. The maximum atomic E-state index is 12.7. The molecule has 3 aliphatic heterocycles. The average Bonchev–Trinajstić information content (AvgIpc) is 3.09. The maximum absolute atomic E-state index is 12.7. The topological polar surface area (TPSA) is 86.7 Å². The zero-order valence-electron chi connectivity index (χ0n) is 11.5. The van der Waals surface area contributed by atoms with Gasteiger partial charge < -0.3 is 15.3 Å². The second-order valence-corrected chi connectivity index (χ2v) is 8.43. The van der Waals surface area contributed by atoms with Crippen molar-refractivity contribution in [1.82, 2.24) is 10.2 Å². The van der Waals surface area contributed by atoms with Gasteiger partial charge in [-0.15, -0.1) is 0 Å². The van der Waals surface area contributed by atoms with E-state index in [1.165, 1.54) is 0 Å². The van der Waals surface area contributed by atoms with Crippen molar-refractivity contribution in [3.63, 3.8) is 0 Å². The SMILES string of the molecule is O=C(C1CC2CCC1N2)N(CCO)C1CCS(=O)(=O)C1. The molecule has 0 aromatic heterocycles. The largest absolute Gasteiger partial charge is 0.395 e. The van der Waals surface area contributed by atoms with Gasteiger partial charge in [-0.05, 0) is 25.7 Å². The third-order valence-corrected chi connectivity index (χ3v) is 6.64. The Bertz CT molecular complexity index is 493. The number of nitrogens with one attached hydrogen (secondary N) is 1. The van der Waals surface area contributed by atoms with Crippen molar-refractivity contribution in [2.75, 3.05) is 24.7 Å². The summed E-state index contributed by atoms with van der Waals surface area (Å²) in [6, 6.07) is 0.433. The monoisotopic (exact) mass is 302 g/mol. The summed E-state index contributed by atoms with van der Waals surface area (Å²) < 4.78 is 23.2. The molecule has 2 N–H and O–H groups in total. The van der Waals surface area contributed by atoms with Gasteiger partial charge in [0, 0.05) is 24.7 Å². The van der Waals surface area contributed by atoms with Crippen molar-refractivity contribution in [3.8, 4) is 0 Å². The molecule has 6 nitrogen and oxygen atoms in total. The van der Waals surface area contributed by atoms with Crippen LogP contribution >= 0.6 is 0 Å². The number of fused-ring (bicyclic) bond motifs is 2. The van der Waals surface area contributed by atoms with Crippen LogP contribution in [-0.4, -0.2) is 67.1 Å². The van der Waals surface area contributed by atoms with E-state index in [9.17, 15) is 18.3 Å². The highest BCUT2D eigenvalue weighted by Gasteiger charge is 2.46. The molecular formula is C13H22N2O4S. The fraction of sp³-hybridized carbons (Fsp3) is 0.923. The molecule has 7 heteroatoms. The van der Waals surface area contributed by atoms with Gasteiger partial charge in [0.05, 0.1) is 24.0 Å². The van der Waals surface area contributed by atoms with E-state index in [4.69, 9.17) is 0 Å². The lowest BCUT2D eigenvalue weighted by Gasteiger charge is -2.32. The Kier molecular flexibility index (Phi) is 3.77. The number of rotatable bonds is 4. The number of aliphatic hydroxyl groups excluding tert-OH is 1. The zero-order chi connectivity index (χ0) is 14.3. The molecule has 2 bridgehead atoms. The van der Waals surface area contributed by atoms with E-state index in [-0.39, 0.29) is 48.6 Å². The smallest absolute Gasteiger partial charge is 0.227 e. The minimum atomic E-state index is -3.02. The van der Waals surface area contributed by atoms with Gasteiger partial charge >= 0.3 is 0 Å². The van der Waals surface area contributed by atoms with Crippen molar-refractivity contribution < 1.29 is 18.3 Å². The third-order valence-electron chi connectivity index (χ3n) is 4.89. The van der Waals surface area contributed by atoms with Crippen LogP contribution in [0.2, 0.25) is 0 Å². The van der Waals surface area contributed by atoms with E-state index in [1.807, 2.05) is 0 Å². The first kappa shape index (κ1) is 14.3. The van der Waals surface area contributed by atoms with Crippen LogP contribution in [0.25, 0.3) is 0 Å². The van der Waals surface area contributed by atoms with E-state index in [0.717, 1.165) is 19.3 Å². The third kappa shape index (κ3) is 2.58. The highest BCUT2D eigenvalue weighted by atomic mass is 32.2. The molecular weight excluding hydrogens is 280 g/mol. The van der Waals surface area contributed by atoms with Crippen LogP contribution in [0, 0.1) is 5.92 Å². The van der Waals surface area contributed by atoms with Crippen molar-refractivity contribution in [2.24, 2.45) is 5.92 Å². The fourth-order valence-corrected chi connectivity index (χ4v) is 5.64. The minimum Gasteiger partial charge on any atom is -0.395 e. The standard InChI is InChI=1S/C13H22N2O4S/c16-5-4-15(10-3-6-20(18,19)8-10)13(17)11-7-9-1-2-12(11)14-9/h9-12,14,16H,1-8H2. The Labute approximate surface area is 119 Å². The summed E-state index contributed by atoms with van der Waals surface area (Å²) in [4.78, 5) is 14.3. The first-order valence-electron chi connectivity index (χ1n) is 7.38. The molecule has 3 saturated heterocycles. The predicted octanol–water partition coefficient (Wildman–Crippen LogP) is -0.865. The van der Waals surface area contributed by atoms with Crippen molar-refractivity contribution in [2.45, 2.75) is 43.8 Å². The molecule has 4 unspecified atom stereocenters. The number of sulfone groups is 1. The Morgan fingerprint density at radius 1 is 1.30 bits per heavy atom. The number of hydrogen-bond acceptors (Lipinski definition) is 5. The Balaban J connectivity index is 1.72. The van der Waals surface area contributed by atoms with Gasteiger partial charge in [-0.25, -0.2) is 8.42 Å². The molecule has 114 valence electrons. The number of aliphatic hydroxyl groups is 1. The molecule has 1 amide bonds. The van der Waals surface area contributed by atoms with Crippen LogP contribution in [0.4, 0.5) is 0 Å². The zero-order valence-corrected chi connectivity index (χ0v) is 12.3. The van der Waals surface area contributed by atoms with Gasteiger partial charge in [0.25, 0.3) is 0 Å². The molecule has 0 aliphatic carbocycles. The highest BCUT2D eigenvalue weighted by molar-refractivity contribution is 7.91. The second-order valence-electron chi connectivity index (χ2n) is 6.20. The number of carbonyl (C=O) groups excluding carboxylic acids is 1. The molecule has 0 spiro atoms. The highest BCUT2D eigenvalue weighted by Crippen LogP contribution is 2.35. The van der Waals surface area contributed by atoms with Gasteiger partial charge in [0.1, 0.15) is 0 Å². The van der Waals surface area contributed by atoms with E-state index < -0.39 is 9.84 Å². The van der Waals surface area contributed by atoms with E-state index in [1.54, 1.807) is 4.90 Å². The van der Waals surface area contributed by atoms with Gasteiger partial charge in [-0.1, -0.05) is 0 Å². The summed E-state index contributed by atoms with van der Waals surface area (Å²) in [6.45, 7) is 0.128. The molecule has 0 aromatic rings. The Morgan fingerprint density at radius 2 is 2.10 bits per heavy atom. The van der Waals surface area contributed by atoms with Crippen molar-refractivity contribution >= 4 is 15.7 Å². The molecule has 3 rings (SSSR count). The maximum Gasteiger partial charge on any atom is 0.227 e. The summed E-state index contributed by atoms with van der Waals surface area (Å²) in [7, 11) is -3.02. The average molecular weight is 302 g/mol.